The largest absolute Gasteiger partial charge is 0.495 e. The van der Waals surface area contributed by atoms with E-state index >= 15 is 0 Å². The normalized spacial score (nSPS) is 10.8. The third-order valence-electron chi connectivity index (χ3n) is 4.15. The van der Waals surface area contributed by atoms with Crippen molar-refractivity contribution in [1.29, 1.82) is 0 Å². The van der Waals surface area contributed by atoms with Gasteiger partial charge in [0.25, 0.3) is 0 Å². The van der Waals surface area contributed by atoms with Gasteiger partial charge in [0.05, 0.1) is 23.5 Å². The van der Waals surface area contributed by atoms with Crippen LogP contribution in [0.25, 0.3) is 17.1 Å². The molecule has 28 heavy (non-hydrogen) atoms. The number of aromatic nitrogens is 4. The van der Waals surface area contributed by atoms with E-state index in [1.807, 2.05) is 71.3 Å². The van der Waals surface area contributed by atoms with Crippen LogP contribution in [0, 0.1) is 0 Å². The SMILES string of the molecule is COc1ccccc1-n1c(SCc2ccccn2)nnc1-c1ccccc1Cl. The summed E-state index contributed by atoms with van der Waals surface area (Å²) in [6.45, 7) is 0. The summed E-state index contributed by atoms with van der Waals surface area (Å²) in [6.07, 6.45) is 1.79. The minimum absolute atomic E-state index is 0.618. The predicted octanol–water partition coefficient (Wildman–Crippen LogP) is 5.28. The van der Waals surface area contributed by atoms with E-state index < -0.39 is 0 Å². The van der Waals surface area contributed by atoms with Crippen molar-refractivity contribution in [3.05, 3.63) is 83.6 Å². The van der Waals surface area contributed by atoms with E-state index in [9.17, 15) is 0 Å². The van der Waals surface area contributed by atoms with Crippen LogP contribution in [0.4, 0.5) is 0 Å². The summed E-state index contributed by atoms with van der Waals surface area (Å²) in [7, 11) is 1.65. The van der Waals surface area contributed by atoms with Crippen molar-refractivity contribution in [3.63, 3.8) is 0 Å². The van der Waals surface area contributed by atoms with Gasteiger partial charge in [0.15, 0.2) is 11.0 Å². The Labute approximate surface area is 172 Å². The molecule has 0 amide bonds. The van der Waals surface area contributed by atoms with Crippen molar-refractivity contribution < 1.29 is 4.74 Å². The average Bonchev–Trinajstić information content (AvgIpc) is 3.16. The first-order valence-corrected chi connectivity index (χ1v) is 10.0. The van der Waals surface area contributed by atoms with E-state index in [4.69, 9.17) is 16.3 Å². The summed E-state index contributed by atoms with van der Waals surface area (Å²) in [6, 6.07) is 21.3. The van der Waals surface area contributed by atoms with Gasteiger partial charge < -0.3 is 4.74 Å². The minimum Gasteiger partial charge on any atom is -0.495 e. The summed E-state index contributed by atoms with van der Waals surface area (Å²) in [4.78, 5) is 4.38. The quantitative estimate of drug-likeness (QED) is 0.406. The molecule has 0 bridgehead atoms. The number of pyridine rings is 1. The molecule has 4 rings (SSSR count). The molecule has 0 atom stereocenters. The molecule has 0 spiro atoms. The Kier molecular flexibility index (Phi) is 5.60. The maximum Gasteiger partial charge on any atom is 0.196 e. The number of thioether (sulfide) groups is 1. The highest BCUT2D eigenvalue weighted by Crippen LogP contribution is 2.35. The maximum atomic E-state index is 6.44. The molecule has 0 aliphatic rings. The number of ether oxygens (including phenoxy) is 1. The van der Waals surface area contributed by atoms with Crippen LogP contribution in [0.15, 0.2) is 78.1 Å². The van der Waals surface area contributed by atoms with Crippen molar-refractivity contribution in [2.45, 2.75) is 10.9 Å². The van der Waals surface area contributed by atoms with E-state index in [1.54, 1.807) is 25.1 Å². The molecule has 0 N–H and O–H groups in total. The van der Waals surface area contributed by atoms with Crippen molar-refractivity contribution in [3.8, 4) is 22.8 Å². The van der Waals surface area contributed by atoms with Crippen LogP contribution in [0.1, 0.15) is 5.69 Å². The Hall–Kier alpha value is -2.83. The van der Waals surface area contributed by atoms with Crippen LogP contribution in [0.5, 0.6) is 5.75 Å². The molecule has 2 aromatic heterocycles. The van der Waals surface area contributed by atoms with E-state index in [2.05, 4.69) is 15.2 Å². The highest BCUT2D eigenvalue weighted by Gasteiger charge is 2.20. The van der Waals surface area contributed by atoms with Crippen LogP contribution < -0.4 is 4.74 Å². The topological polar surface area (TPSA) is 52.8 Å². The molecule has 2 aromatic carbocycles. The van der Waals surface area contributed by atoms with E-state index in [0.29, 0.717) is 16.6 Å². The number of nitrogens with zero attached hydrogens (tertiary/aromatic N) is 4. The number of hydrogen-bond donors (Lipinski definition) is 0. The van der Waals surface area contributed by atoms with Crippen LogP contribution in [-0.2, 0) is 5.75 Å². The van der Waals surface area contributed by atoms with Crippen molar-refractivity contribution in [2.24, 2.45) is 0 Å². The highest BCUT2D eigenvalue weighted by molar-refractivity contribution is 7.98. The Bertz CT molecular complexity index is 1080. The van der Waals surface area contributed by atoms with Gasteiger partial charge in [-0.25, -0.2) is 0 Å². The number of methoxy groups -OCH3 is 1. The molecular formula is C21H17ClN4OS. The van der Waals surface area contributed by atoms with Gasteiger partial charge in [0, 0.05) is 17.5 Å². The van der Waals surface area contributed by atoms with Gasteiger partial charge in [-0.15, -0.1) is 10.2 Å². The summed E-state index contributed by atoms with van der Waals surface area (Å²) >= 11 is 8.01. The first-order chi connectivity index (χ1) is 13.8. The predicted molar refractivity (Wildman–Crippen MR) is 112 cm³/mol. The van der Waals surface area contributed by atoms with Gasteiger partial charge in [-0.2, -0.15) is 0 Å². The van der Waals surface area contributed by atoms with Gasteiger partial charge in [-0.05, 0) is 36.4 Å². The zero-order valence-electron chi connectivity index (χ0n) is 15.1. The van der Waals surface area contributed by atoms with Gasteiger partial charge >= 0.3 is 0 Å². The number of para-hydroxylation sites is 2. The highest BCUT2D eigenvalue weighted by atomic mass is 35.5. The minimum atomic E-state index is 0.618. The van der Waals surface area contributed by atoms with E-state index in [-0.39, 0.29) is 0 Å². The molecule has 4 aromatic rings. The number of rotatable bonds is 6. The monoisotopic (exact) mass is 408 g/mol. The average molecular weight is 409 g/mol. The molecule has 0 aliphatic heterocycles. The summed E-state index contributed by atoms with van der Waals surface area (Å²) < 4.78 is 7.56. The number of benzene rings is 2. The first kappa shape index (κ1) is 18.5. The lowest BCUT2D eigenvalue weighted by atomic mass is 10.2. The second kappa shape index (κ2) is 8.46. The fourth-order valence-electron chi connectivity index (χ4n) is 2.83. The molecule has 7 heteroatoms. The molecule has 140 valence electrons. The third kappa shape index (κ3) is 3.74. The molecule has 0 radical (unpaired) electrons. The standard InChI is InChI=1S/C21H17ClN4OS/c1-27-19-12-5-4-11-18(19)26-20(16-9-2-3-10-17(16)22)24-25-21(26)28-14-15-8-6-7-13-23-15/h2-13H,14H2,1H3. The molecular weight excluding hydrogens is 392 g/mol. The van der Waals surface area contributed by atoms with Crippen LogP contribution >= 0.6 is 23.4 Å². The summed E-state index contributed by atoms with van der Waals surface area (Å²) in [5.41, 5.74) is 2.64. The fourth-order valence-corrected chi connectivity index (χ4v) is 3.91. The van der Waals surface area contributed by atoms with Crippen molar-refractivity contribution in [1.82, 2.24) is 19.7 Å². The van der Waals surface area contributed by atoms with Crippen LogP contribution in [0.3, 0.4) is 0 Å². The van der Waals surface area contributed by atoms with Gasteiger partial charge in [-0.1, -0.05) is 53.7 Å². The zero-order chi connectivity index (χ0) is 19.3. The lowest BCUT2D eigenvalue weighted by Crippen LogP contribution is -2.02. The van der Waals surface area contributed by atoms with E-state index in [1.165, 1.54) is 0 Å². The fraction of sp³-hybridized carbons (Fsp3) is 0.0952. The summed E-state index contributed by atoms with van der Waals surface area (Å²) in [5.74, 6) is 2.07. The Balaban J connectivity index is 1.82. The van der Waals surface area contributed by atoms with Crippen molar-refractivity contribution in [2.75, 3.05) is 7.11 Å². The first-order valence-electron chi connectivity index (χ1n) is 8.64. The Morgan fingerprint density at radius 3 is 2.54 bits per heavy atom. The van der Waals surface area contributed by atoms with Gasteiger partial charge in [0.1, 0.15) is 5.75 Å². The lowest BCUT2D eigenvalue weighted by Gasteiger charge is -2.14. The molecule has 5 nitrogen and oxygen atoms in total. The Morgan fingerprint density at radius 1 is 0.964 bits per heavy atom. The smallest absolute Gasteiger partial charge is 0.196 e. The Morgan fingerprint density at radius 2 is 1.75 bits per heavy atom. The van der Waals surface area contributed by atoms with Gasteiger partial charge in [-0.3, -0.25) is 9.55 Å². The second-order valence-electron chi connectivity index (χ2n) is 5.90. The summed E-state index contributed by atoms with van der Waals surface area (Å²) in [5, 5.41) is 10.2. The van der Waals surface area contributed by atoms with E-state index in [0.717, 1.165) is 27.9 Å². The molecule has 0 aliphatic carbocycles. The van der Waals surface area contributed by atoms with Crippen LogP contribution in [0.2, 0.25) is 5.02 Å². The number of hydrogen-bond acceptors (Lipinski definition) is 5. The third-order valence-corrected chi connectivity index (χ3v) is 5.44. The molecule has 0 saturated heterocycles. The zero-order valence-corrected chi connectivity index (χ0v) is 16.7. The number of halogens is 1. The molecule has 0 fully saturated rings. The lowest BCUT2D eigenvalue weighted by molar-refractivity contribution is 0.412. The second-order valence-corrected chi connectivity index (χ2v) is 7.25. The maximum absolute atomic E-state index is 6.44. The molecule has 0 saturated carbocycles. The van der Waals surface area contributed by atoms with Gasteiger partial charge in [0.2, 0.25) is 0 Å². The van der Waals surface area contributed by atoms with Crippen LogP contribution in [-0.4, -0.2) is 26.9 Å². The molecule has 2 heterocycles. The van der Waals surface area contributed by atoms with Crippen molar-refractivity contribution >= 4 is 23.4 Å². The molecule has 0 unspecified atom stereocenters.